The third kappa shape index (κ3) is 2.62. The Balaban J connectivity index is 1.99. The smallest absolute Gasteiger partial charge is 0.160 e. The number of halogens is 2. The fourth-order valence-corrected chi connectivity index (χ4v) is 2.93. The topological polar surface area (TPSA) is 56.7 Å². The van der Waals surface area contributed by atoms with Crippen LogP contribution in [0, 0.1) is 11.6 Å². The standard InChI is InChI=1S/C15H18F2N4/c1-21-15(10-7-11(16)12(17)8-13(10)18)19-14(20-21)9-5-3-2-4-6-9/h7-9H,2-6,18H2,1H3. The van der Waals surface area contributed by atoms with Crippen LogP contribution in [0.3, 0.4) is 0 Å². The van der Waals surface area contributed by atoms with E-state index in [1.165, 1.54) is 19.3 Å². The van der Waals surface area contributed by atoms with Crippen molar-refractivity contribution in [2.75, 3.05) is 5.73 Å². The lowest BCUT2D eigenvalue weighted by Gasteiger charge is -2.18. The normalized spacial score (nSPS) is 16.3. The van der Waals surface area contributed by atoms with Gasteiger partial charge in [-0.3, -0.25) is 0 Å². The van der Waals surface area contributed by atoms with E-state index in [1.54, 1.807) is 11.7 Å². The molecule has 0 bridgehead atoms. The maximum atomic E-state index is 13.4. The van der Waals surface area contributed by atoms with Crippen LogP contribution >= 0.6 is 0 Å². The third-order valence-electron chi connectivity index (χ3n) is 4.08. The van der Waals surface area contributed by atoms with Crippen LogP contribution in [0.4, 0.5) is 14.5 Å². The van der Waals surface area contributed by atoms with Crippen molar-refractivity contribution in [3.63, 3.8) is 0 Å². The molecular formula is C15H18F2N4. The number of hydrogen-bond acceptors (Lipinski definition) is 3. The van der Waals surface area contributed by atoms with Gasteiger partial charge in [0, 0.05) is 30.3 Å². The number of nitrogens with zero attached hydrogens (tertiary/aromatic N) is 3. The number of rotatable bonds is 2. The summed E-state index contributed by atoms with van der Waals surface area (Å²) in [5.74, 6) is -0.277. The molecule has 0 radical (unpaired) electrons. The zero-order chi connectivity index (χ0) is 15.0. The van der Waals surface area contributed by atoms with Crippen molar-refractivity contribution < 1.29 is 8.78 Å². The van der Waals surface area contributed by atoms with Gasteiger partial charge in [0.15, 0.2) is 23.3 Å². The van der Waals surface area contributed by atoms with E-state index in [0.29, 0.717) is 17.3 Å². The predicted molar refractivity (Wildman–Crippen MR) is 76.6 cm³/mol. The lowest BCUT2D eigenvalue weighted by Crippen LogP contribution is -2.06. The number of nitrogen functional groups attached to an aromatic ring is 1. The van der Waals surface area contributed by atoms with Crippen LogP contribution in [0.1, 0.15) is 43.8 Å². The Morgan fingerprint density at radius 1 is 1.14 bits per heavy atom. The van der Waals surface area contributed by atoms with Gasteiger partial charge in [0.05, 0.1) is 0 Å². The Morgan fingerprint density at radius 3 is 2.52 bits per heavy atom. The molecule has 1 fully saturated rings. The minimum Gasteiger partial charge on any atom is -0.398 e. The van der Waals surface area contributed by atoms with Crippen LogP contribution in [0.5, 0.6) is 0 Å². The summed E-state index contributed by atoms with van der Waals surface area (Å²) in [4.78, 5) is 4.52. The Hall–Kier alpha value is -1.98. The quantitative estimate of drug-likeness (QED) is 0.863. The first-order valence-corrected chi connectivity index (χ1v) is 7.22. The van der Waals surface area contributed by atoms with Crippen LogP contribution < -0.4 is 5.73 Å². The summed E-state index contributed by atoms with van der Waals surface area (Å²) in [5.41, 5.74) is 6.34. The molecule has 2 aromatic rings. The minimum absolute atomic E-state index is 0.166. The molecule has 4 nitrogen and oxygen atoms in total. The molecule has 21 heavy (non-hydrogen) atoms. The summed E-state index contributed by atoms with van der Waals surface area (Å²) in [6, 6.07) is 2.07. The molecule has 0 amide bonds. The Morgan fingerprint density at radius 2 is 1.81 bits per heavy atom. The highest BCUT2D eigenvalue weighted by Crippen LogP contribution is 2.33. The molecule has 112 valence electrons. The average Bonchev–Trinajstić information content (AvgIpc) is 2.86. The van der Waals surface area contributed by atoms with Crippen molar-refractivity contribution in [3.8, 4) is 11.4 Å². The van der Waals surface area contributed by atoms with E-state index in [0.717, 1.165) is 30.8 Å². The number of anilines is 1. The van der Waals surface area contributed by atoms with Gasteiger partial charge in [-0.1, -0.05) is 19.3 Å². The van der Waals surface area contributed by atoms with E-state index in [4.69, 9.17) is 5.73 Å². The monoisotopic (exact) mass is 292 g/mol. The highest BCUT2D eigenvalue weighted by molar-refractivity contribution is 5.71. The maximum absolute atomic E-state index is 13.4. The molecule has 1 aromatic heterocycles. The van der Waals surface area contributed by atoms with Gasteiger partial charge in [0.2, 0.25) is 0 Å². The van der Waals surface area contributed by atoms with Gasteiger partial charge in [0.1, 0.15) is 0 Å². The van der Waals surface area contributed by atoms with Gasteiger partial charge in [0.25, 0.3) is 0 Å². The van der Waals surface area contributed by atoms with Crippen molar-refractivity contribution in [1.82, 2.24) is 14.8 Å². The van der Waals surface area contributed by atoms with Gasteiger partial charge in [-0.15, -0.1) is 0 Å². The van der Waals surface area contributed by atoms with Crippen LogP contribution in [0.25, 0.3) is 11.4 Å². The summed E-state index contributed by atoms with van der Waals surface area (Å²) >= 11 is 0. The molecule has 0 atom stereocenters. The second-order valence-corrected chi connectivity index (χ2v) is 5.61. The number of benzene rings is 1. The fourth-order valence-electron chi connectivity index (χ4n) is 2.93. The Kier molecular flexibility index (Phi) is 3.61. The second-order valence-electron chi connectivity index (χ2n) is 5.61. The molecule has 0 aliphatic heterocycles. The van der Waals surface area contributed by atoms with Gasteiger partial charge in [-0.25, -0.2) is 18.4 Å². The van der Waals surface area contributed by atoms with Crippen LogP contribution in [0.2, 0.25) is 0 Å². The molecule has 0 spiro atoms. The van der Waals surface area contributed by atoms with E-state index in [9.17, 15) is 8.78 Å². The fraction of sp³-hybridized carbons (Fsp3) is 0.467. The number of hydrogen-bond donors (Lipinski definition) is 1. The SMILES string of the molecule is Cn1nc(C2CCCCC2)nc1-c1cc(F)c(F)cc1N. The van der Waals surface area contributed by atoms with Gasteiger partial charge >= 0.3 is 0 Å². The molecule has 1 aliphatic rings. The van der Waals surface area contributed by atoms with Crippen molar-refractivity contribution in [3.05, 3.63) is 29.6 Å². The molecule has 0 saturated heterocycles. The first-order valence-electron chi connectivity index (χ1n) is 7.22. The molecule has 1 saturated carbocycles. The van der Waals surface area contributed by atoms with E-state index in [1.807, 2.05) is 0 Å². The van der Waals surface area contributed by atoms with Gasteiger partial charge < -0.3 is 5.73 Å². The number of aryl methyl sites for hydroxylation is 1. The highest BCUT2D eigenvalue weighted by atomic mass is 19.2. The predicted octanol–water partition coefficient (Wildman–Crippen LogP) is 3.39. The second kappa shape index (κ2) is 5.42. The number of aromatic nitrogens is 3. The van der Waals surface area contributed by atoms with Crippen molar-refractivity contribution in [1.29, 1.82) is 0 Å². The van der Waals surface area contributed by atoms with E-state index >= 15 is 0 Å². The molecule has 1 aromatic carbocycles. The molecule has 2 N–H and O–H groups in total. The summed E-state index contributed by atoms with van der Waals surface area (Å²) in [7, 11) is 1.75. The lowest BCUT2D eigenvalue weighted by molar-refractivity contribution is 0.427. The van der Waals surface area contributed by atoms with Crippen LogP contribution in [-0.4, -0.2) is 14.8 Å². The van der Waals surface area contributed by atoms with Crippen molar-refractivity contribution >= 4 is 5.69 Å². The molecule has 1 aliphatic carbocycles. The molecule has 6 heteroatoms. The largest absolute Gasteiger partial charge is 0.398 e. The van der Waals surface area contributed by atoms with E-state index in [-0.39, 0.29) is 5.69 Å². The molecule has 1 heterocycles. The average molecular weight is 292 g/mol. The summed E-state index contributed by atoms with van der Waals surface area (Å²) in [6.45, 7) is 0. The highest BCUT2D eigenvalue weighted by Gasteiger charge is 2.22. The first-order chi connectivity index (χ1) is 10.1. The molecule has 3 rings (SSSR count). The maximum Gasteiger partial charge on any atom is 0.160 e. The van der Waals surface area contributed by atoms with Gasteiger partial charge in [-0.05, 0) is 18.9 Å². The lowest BCUT2D eigenvalue weighted by atomic mass is 9.89. The number of nitrogens with two attached hydrogens (primary N) is 1. The summed E-state index contributed by atoms with van der Waals surface area (Å²) in [6.07, 6.45) is 5.79. The molecular weight excluding hydrogens is 274 g/mol. The molecule has 0 unspecified atom stereocenters. The zero-order valence-electron chi connectivity index (χ0n) is 11.9. The minimum atomic E-state index is -0.953. The summed E-state index contributed by atoms with van der Waals surface area (Å²) in [5, 5.41) is 4.44. The first kappa shape index (κ1) is 14.0. The van der Waals surface area contributed by atoms with Crippen LogP contribution in [0.15, 0.2) is 12.1 Å². The zero-order valence-corrected chi connectivity index (χ0v) is 11.9. The van der Waals surface area contributed by atoms with Crippen LogP contribution in [-0.2, 0) is 7.05 Å². The Labute approximate surface area is 122 Å². The summed E-state index contributed by atoms with van der Waals surface area (Å²) < 4.78 is 28.2. The Bertz CT molecular complexity index is 660. The van der Waals surface area contributed by atoms with E-state index in [2.05, 4.69) is 10.1 Å². The van der Waals surface area contributed by atoms with Crippen molar-refractivity contribution in [2.45, 2.75) is 38.0 Å². The van der Waals surface area contributed by atoms with Gasteiger partial charge in [-0.2, -0.15) is 5.10 Å². The third-order valence-corrected chi connectivity index (χ3v) is 4.08. The van der Waals surface area contributed by atoms with E-state index < -0.39 is 11.6 Å². The van der Waals surface area contributed by atoms with Crippen molar-refractivity contribution in [2.24, 2.45) is 7.05 Å².